The number of amides is 2. The van der Waals surface area contributed by atoms with Crippen molar-refractivity contribution in [1.82, 2.24) is 10.6 Å². The molecule has 0 saturated carbocycles. The number of rotatable bonds is 7. The Labute approximate surface area is 162 Å². The van der Waals surface area contributed by atoms with Crippen LogP contribution in [-0.2, 0) is 32.2 Å². The molecule has 0 aliphatic carbocycles. The Kier molecular flexibility index (Phi) is 7.66. The lowest BCUT2D eigenvalue weighted by Gasteiger charge is -2.29. The molecule has 0 aliphatic rings. The van der Waals surface area contributed by atoms with Crippen LogP contribution in [0.4, 0.5) is 26.3 Å². The lowest BCUT2D eigenvalue weighted by atomic mass is 9.90. The maximum absolute atomic E-state index is 13.0. The van der Waals surface area contributed by atoms with E-state index in [-0.39, 0.29) is 12.7 Å². The highest BCUT2D eigenvalue weighted by Crippen LogP contribution is 2.38. The quantitative estimate of drug-likeness (QED) is 0.580. The monoisotopic (exact) mass is 429 g/mol. The highest BCUT2D eigenvalue weighted by atomic mass is 19.4. The van der Waals surface area contributed by atoms with Crippen LogP contribution >= 0.6 is 0 Å². The van der Waals surface area contributed by atoms with E-state index in [4.69, 9.17) is 5.73 Å². The summed E-state index contributed by atoms with van der Waals surface area (Å²) < 4.78 is 82.7. The molecule has 0 heterocycles. The molecule has 0 aromatic heterocycles. The normalized spacial score (nSPS) is 13.7. The van der Waals surface area contributed by atoms with Crippen LogP contribution in [0.1, 0.15) is 30.5 Å². The first-order chi connectivity index (χ1) is 13.1. The minimum atomic E-state index is -5.01. The highest BCUT2D eigenvalue weighted by Gasteiger charge is 2.38. The number of alkyl halides is 6. The van der Waals surface area contributed by atoms with Gasteiger partial charge in [0.15, 0.2) is 0 Å². The molecule has 4 N–H and O–H groups in total. The van der Waals surface area contributed by atoms with E-state index in [9.17, 15) is 35.9 Å². The van der Waals surface area contributed by atoms with Gasteiger partial charge in [-0.3, -0.25) is 9.59 Å². The largest absolute Gasteiger partial charge is 0.416 e. The summed E-state index contributed by atoms with van der Waals surface area (Å²) in [5.41, 5.74) is 0.465. The zero-order valence-corrected chi connectivity index (χ0v) is 15.8. The Morgan fingerprint density at radius 2 is 1.45 bits per heavy atom. The molecular weight excluding hydrogens is 408 g/mol. The van der Waals surface area contributed by atoms with Crippen LogP contribution in [-0.4, -0.2) is 38.1 Å². The minimum absolute atomic E-state index is 0.00118. The minimum Gasteiger partial charge on any atom is -0.383 e. The van der Waals surface area contributed by atoms with E-state index in [1.807, 2.05) is 0 Å². The van der Waals surface area contributed by atoms with Crippen molar-refractivity contribution in [3.63, 3.8) is 0 Å². The zero-order chi connectivity index (χ0) is 22.6. The number of methoxy groups -OCH3 is 1. The van der Waals surface area contributed by atoms with Gasteiger partial charge in [-0.15, -0.1) is 0 Å². The first-order valence-electron chi connectivity index (χ1n) is 8.21. The summed E-state index contributed by atoms with van der Waals surface area (Å²) >= 11 is 0. The molecule has 1 aromatic rings. The third kappa shape index (κ3) is 7.20. The molecule has 1 unspecified atom stereocenters. The fourth-order valence-corrected chi connectivity index (χ4v) is 2.33. The molecule has 6 nitrogen and oxygen atoms in total. The Balaban J connectivity index is 3.03. The van der Waals surface area contributed by atoms with E-state index in [2.05, 4.69) is 15.4 Å². The van der Waals surface area contributed by atoms with Gasteiger partial charge in [0.25, 0.3) is 0 Å². The molecule has 12 heteroatoms. The summed E-state index contributed by atoms with van der Waals surface area (Å²) in [6, 6.07) is 0.0166. The average molecular weight is 429 g/mol. The number of carbonyl (C=O) groups is 2. The van der Waals surface area contributed by atoms with Crippen LogP contribution in [0.2, 0.25) is 0 Å². The van der Waals surface area contributed by atoms with Crippen molar-refractivity contribution in [3.8, 4) is 0 Å². The topological polar surface area (TPSA) is 93.4 Å². The summed E-state index contributed by atoms with van der Waals surface area (Å²) in [4.78, 5) is 23.7. The van der Waals surface area contributed by atoms with Gasteiger partial charge in [-0.25, -0.2) is 0 Å². The molecule has 0 saturated heterocycles. The molecule has 0 bridgehead atoms. The van der Waals surface area contributed by atoms with Crippen molar-refractivity contribution in [1.29, 1.82) is 0 Å². The molecule has 29 heavy (non-hydrogen) atoms. The van der Waals surface area contributed by atoms with Crippen molar-refractivity contribution in [2.24, 2.45) is 5.73 Å². The van der Waals surface area contributed by atoms with Gasteiger partial charge in [0.2, 0.25) is 11.8 Å². The number of benzene rings is 1. The molecule has 1 atom stereocenters. The number of ether oxygens (including phenoxy) is 1. The SMILES string of the molecule is COCC(N)C(=O)NCC(=O)NC(C)(C)c1cc(C(F)(F)F)cc(C(F)(F)F)c1. The maximum Gasteiger partial charge on any atom is 0.416 e. The smallest absolute Gasteiger partial charge is 0.383 e. The molecule has 0 radical (unpaired) electrons. The second-order valence-corrected chi connectivity index (χ2v) is 6.75. The van der Waals surface area contributed by atoms with Crippen molar-refractivity contribution in [2.75, 3.05) is 20.3 Å². The summed E-state index contributed by atoms with van der Waals surface area (Å²) in [7, 11) is 1.31. The first-order valence-corrected chi connectivity index (χ1v) is 8.21. The van der Waals surface area contributed by atoms with Crippen molar-refractivity contribution >= 4 is 11.8 Å². The molecule has 2 amide bonds. The summed E-state index contributed by atoms with van der Waals surface area (Å²) in [5.74, 6) is -1.54. The highest BCUT2D eigenvalue weighted by molar-refractivity contribution is 5.87. The fraction of sp³-hybridized carbons (Fsp3) is 0.529. The number of halogens is 6. The van der Waals surface area contributed by atoms with E-state index >= 15 is 0 Å². The lowest BCUT2D eigenvalue weighted by molar-refractivity contribution is -0.143. The summed E-state index contributed by atoms with van der Waals surface area (Å²) in [6.07, 6.45) is -10.0. The van der Waals surface area contributed by atoms with Gasteiger partial charge in [0, 0.05) is 7.11 Å². The van der Waals surface area contributed by atoms with E-state index < -0.39 is 59.0 Å². The average Bonchev–Trinajstić information content (AvgIpc) is 2.57. The molecule has 1 aromatic carbocycles. The van der Waals surface area contributed by atoms with Gasteiger partial charge in [-0.1, -0.05) is 0 Å². The van der Waals surface area contributed by atoms with Crippen LogP contribution in [0.15, 0.2) is 18.2 Å². The van der Waals surface area contributed by atoms with Gasteiger partial charge < -0.3 is 21.1 Å². The van der Waals surface area contributed by atoms with Gasteiger partial charge >= 0.3 is 12.4 Å². The van der Waals surface area contributed by atoms with E-state index in [0.717, 1.165) is 0 Å². The Bertz CT molecular complexity index is 715. The van der Waals surface area contributed by atoms with Crippen molar-refractivity contribution in [3.05, 3.63) is 34.9 Å². The molecule has 0 aliphatic heterocycles. The zero-order valence-electron chi connectivity index (χ0n) is 15.8. The summed E-state index contributed by atoms with van der Waals surface area (Å²) in [6.45, 7) is 1.78. The first kappa shape index (κ1) is 24.7. The Morgan fingerprint density at radius 3 is 1.86 bits per heavy atom. The van der Waals surface area contributed by atoms with Crippen molar-refractivity contribution in [2.45, 2.75) is 37.8 Å². The predicted octanol–water partition coefficient (Wildman–Crippen LogP) is 2.17. The number of hydrogen-bond donors (Lipinski definition) is 3. The number of carbonyl (C=O) groups excluding carboxylic acids is 2. The lowest BCUT2D eigenvalue weighted by Crippen LogP contribution is -2.49. The van der Waals surface area contributed by atoms with Crippen molar-refractivity contribution < 1.29 is 40.7 Å². The fourth-order valence-electron chi connectivity index (χ4n) is 2.33. The van der Waals surface area contributed by atoms with Crippen LogP contribution in [0.3, 0.4) is 0 Å². The second-order valence-electron chi connectivity index (χ2n) is 6.75. The predicted molar refractivity (Wildman–Crippen MR) is 90.5 cm³/mol. The van der Waals surface area contributed by atoms with Crippen LogP contribution in [0, 0.1) is 0 Å². The Morgan fingerprint density at radius 1 is 1.00 bits per heavy atom. The van der Waals surface area contributed by atoms with Crippen LogP contribution in [0.25, 0.3) is 0 Å². The molecule has 164 valence electrons. The van der Waals surface area contributed by atoms with E-state index in [1.165, 1.54) is 21.0 Å². The maximum atomic E-state index is 13.0. The Hall–Kier alpha value is -2.34. The number of nitrogens with two attached hydrogens (primary N) is 1. The molecular formula is C17H21F6N3O3. The molecule has 1 rings (SSSR count). The second kappa shape index (κ2) is 8.99. The number of nitrogens with one attached hydrogen (secondary N) is 2. The van der Waals surface area contributed by atoms with E-state index in [0.29, 0.717) is 12.1 Å². The standard InChI is InChI=1S/C17H21F6N3O3/c1-15(2,26-13(27)7-25-14(28)12(24)8-29-3)9-4-10(16(18,19)20)6-11(5-9)17(21,22)23/h4-6,12H,7-8,24H2,1-3H3,(H,25,28)(H,26,27). The van der Waals surface area contributed by atoms with Gasteiger partial charge in [-0.2, -0.15) is 26.3 Å². The third-order valence-corrected chi connectivity index (χ3v) is 3.87. The summed E-state index contributed by atoms with van der Waals surface area (Å²) in [5, 5.41) is 4.49. The molecule has 0 spiro atoms. The van der Waals surface area contributed by atoms with E-state index in [1.54, 1.807) is 0 Å². The van der Waals surface area contributed by atoms with Gasteiger partial charge in [0.1, 0.15) is 6.04 Å². The third-order valence-electron chi connectivity index (χ3n) is 3.87. The molecule has 0 fully saturated rings. The van der Waals surface area contributed by atoms with Gasteiger partial charge in [0.05, 0.1) is 29.8 Å². The van der Waals surface area contributed by atoms with Crippen LogP contribution in [0.5, 0.6) is 0 Å². The van der Waals surface area contributed by atoms with Crippen LogP contribution < -0.4 is 16.4 Å². The number of hydrogen-bond acceptors (Lipinski definition) is 4. The van der Waals surface area contributed by atoms with Gasteiger partial charge in [-0.05, 0) is 37.6 Å².